The van der Waals surface area contributed by atoms with Gasteiger partial charge in [0.05, 0.1) is 18.2 Å². The molecule has 18 heavy (non-hydrogen) atoms. The van der Waals surface area contributed by atoms with Crippen molar-refractivity contribution in [3.63, 3.8) is 0 Å². The molecule has 2 rings (SSSR count). The SMILES string of the molecule is CCC(COC)Nc1nc(N)nc2ccccc12. The number of ether oxygens (including phenoxy) is 1. The van der Waals surface area contributed by atoms with Crippen LogP contribution in [0.25, 0.3) is 10.9 Å². The van der Waals surface area contributed by atoms with E-state index in [0.29, 0.717) is 6.61 Å². The highest BCUT2D eigenvalue weighted by Gasteiger charge is 2.10. The maximum atomic E-state index is 5.72. The smallest absolute Gasteiger partial charge is 0.222 e. The topological polar surface area (TPSA) is 73.1 Å². The fourth-order valence-electron chi connectivity index (χ4n) is 1.86. The molecule has 1 unspecified atom stereocenters. The second kappa shape index (κ2) is 5.64. The van der Waals surface area contributed by atoms with Crippen LogP contribution in [0.2, 0.25) is 0 Å². The van der Waals surface area contributed by atoms with Gasteiger partial charge in [-0.2, -0.15) is 4.98 Å². The number of methoxy groups -OCH3 is 1. The Bertz CT molecular complexity index is 529. The number of nitrogen functional groups attached to an aromatic ring is 1. The molecule has 0 bridgehead atoms. The van der Waals surface area contributed by atoms with Crippen LogP contribution in [0.15, 0.2) is 24.3 Å². The molecule has 0 amide bonds. The minimum Gasteiger partial charge on any atom is -0.383 e. The third-order valence-electron chi connectivity index (χ3n) is 2.82. The van der Waals surface area contributed by atoms with Crippen LogP contribution in [0.1, 0.15) is 13.3 Å². The van der Waals surface area contributed by atoms with Crippen molar-refractivity contribution in [2.45, 2.75) is 19.4 Å². The lowest BCUT2D eigenvalue weighted by Gasteiger charge is -2.17. The summed E-state index contributed by atoms with van der Waals surface area (Å²) in [7, 11) is 1.69. The average molecular weight is 246 g/mol. The highest BCUT2D eigenvalue weighted by atomic mass is 16.5. The molecule has 1 aromatic carbocycles. The number of nitrogens with one attached hydrogen (secondary N) is 1. The predicted molar refractivity (Wildman–Crippen MR) is 73.5 cm³/mol. The van der Waals surface area contributed by atoms with Crippen LogP contribution in [0.4, 0.5) is 11.8 Å². The molecule has 0 aliphatic heterocycles. The molecular formula is C13H18N4O. The van der Waals surface area contributed by atoms with Gasteiger partial charge in [-0.05, 0) is 18.6 Å². The Balaban J connectivity index is 2.37. The Morgan fingerprint density at radius 2 is 2.11 bits per heavy atom. The second-order valence-electron chi connectivity index (χ2n) is 4.15. The number of hydrogen-bond acceptors (Lipinski definition) is 5. The maximum absolute atomic E-state index is 5.72. The van der Waals surface area contributed by atoms with E-state index in [-0.39, 0.29) is 12.0 Å². The molecule has 5 nitrogen and oxygen atoms in total. The zero-order valence-corrected chi connectivity index (χ0v) is 10.7. The number of nitrogens with zero attached hydrogens (tertiary/aromatic N) is 2. The molecule has 96 valence electrons. The predicted octanol–water partition coefficient (Wildman–Crippen LogP) is 2.05. The molecule has 0 radical (unpaired) electrons. The summed E-state index contributed by atoms with van der Waals surface area (Å²) in [5, 5.41) is 4.33. The molecule has 2 aromatic rings. The van der Waals surface area contributed by atoms with Crippen molar-refractivity contribution in [3.05, 3.63) is 24.3 Å². The van der Waals surface area contributed by atoms with Crippen LogP contribution in [-0.4, -0.2) is 29.7 Å². The maximum Gasteiger partial charge on any atom is 0.222 e. The number of aromatic nitrogens is 2. The Kier molecular flexibility index (Phi) is 3.94. The van der Waals surface area contributed by atoms with E-state index in [2.05, 4.69) is 22.2 Å². The number of benzene rings is 1. The van der Waals surface area contributed by atoms with Gasteiger partial charge < -0.3 is 15.8 Å². The molecule has 0 saturated heterocycles. The van der Waals surface area contributed by atoms with Crippen LogP contribution in [0, 0.1) is 0 Å². The molecule has 0 spiro atoms. The monoisotopic (exact) mass is 246 g/mol. The Hall–Kier alpha value is -1.88. The van der Waals surface area contributed by atoms with Gasteiger partial charge in [0.25, 0.3) is 0 Å². The van der Waals surface area contributed by atoms with E-state index in [1.54, 1.807) is 7.11 Å². The molecule has 5 heteroatoms. The summed E-state index contributed by atoms with van der Waals surface area (Å²) in [4.78, 5) is 8.48. The van der Waals surface area contributed by atoms with Crippen molar-refractivity contribution in [3.8, 4) is 0 Å². The summed E-state index contributed by atoms with van der Waals surface area (Å²) in [5.41, 5.74) is 6.57. The standard InChI is InChI=1S/C13H18N4O/c1-3-9(8-18-2)15-12-10-6-4-5-7-11(10)16-13(14)17-12/h4-7,9H,3,8H2,1-2H3,(H3,14,15,16,17). The first kappa shape index (κ1) is 12.6. The zero-order valence-electron chi connectivity index (χ0n) is 10.7. The first-order chi connectivity index (χ1) is 8.74. The first-order valence-electron chi connectivity index (χ1n) is 6.02. The summed E-state index contributed by atoms with van der Waals surface area (Å²) < 4.78 is 5.17. The number of anilines is 2. The van der Waals surface area contributed by atoms with E-state index < -0.39 is 0 Å². The summed E-state index contributed by atoms with van der Waals surface area (Å²) in [6, 6.07) is 8.02. The number of hydrogen-bond donors (Lipinski definition) is 2. The lowest BCUT2D eigenvalue weighted by molar-refractivity contribution is 0.184. The van der Waals surface area contributed by atoms with Crippen LogP contribution in [0.5, 0.6) is 0 Å². The fourth-order valence-corrected chi connectivity index (χ4v) is 1.86. The Labute approximate surface area is 106 Å². The van der Waals surface area contributed by atoms with Gasteiger partial charge in [0.1, 0.15) is 5.82 Å². The quantitative estimate of drug-likeness (QED) is 0.844. The molecule has 1 atom stereocenters. The number of rotatable bonds is 5. The van der Waals surface area contributed by atoms with Gasteiger partial charge in [-0.1, -0.05) is 19.1 Å². The van der Waals surface area contributed by atoms with Gasteiger partial charge in [0.15, 0.2) is 0 Å². The van der Waals surface area contributed by atoms with Crippen LogP contribution >= 0.6 is 0 Å². The van der Waals surface area contributed by atoms with E-state index in [9.17, 15) is 0 Å². The zero-order chi connectivity index (χ0) is 13.0. The molecule has 0 fully saturated rings. The van der Waals surface area contributed by atoms with Gasteiger partial charge in [0, 0.05) is 12.5 Å². The molecule has 1 heterocycles. The number of nitrogens with two attached hydrogens (primary N) is 1. The van der Waals surface area contributed by atoms with Crippen molar-refractivity contribution in [2.75, 3.05) is 24.8 Å². The van der Waals surface area contributed by atoms with Crippen molar-refractivity contribution >= 4 is 22.7 Å². The lowest BCUT2D eigenvalue weighted by atomic mass is 10.2. The van der Waals surface area contributed by atoms with E-state index in [0.717, 1.165) is 23.1 Å². The van der Waals surface area contributed by atoms with Crippen LogP contribution in [-0.2, 0) is 4.74 Å². The van der Waals surface area contributed by atoms with Crippen LogP contribution in [0.3, 0.4) is 0 Å². The Morgan fingerprint density at radius 3 is 2.83 bits per heavy atom. The largest absolute Gasteiger partial charge is 0.383 e. The molecule has 0 saturated carbocycles. The summed E-state index contributed by atoms with van der Waals surface area (Å²) in [6.07, 6.45) is 0.950. The van der Waals surface area contributed by atoms with E-state index in [1.165, 1.54) is 0 Å². The van der Waals surface area contributed by atoms with Gasteiger partial charge >= 0.3 is 0 Å². The molecule has 0 aliphatic carbocycles. The molecular weight excluding hydrogens is 228 g/mol. The third kappa shape index (κ3) is 2.68. The lowest BCUT2D eigenvalue weighted by Crippen LogP contribution is -2.24. The minimum atomic E-state index is 0.215. The second-order valence-corrected chi connectivity index (χ2v) is 4.15. The first-order valence-corrected chi connectivity index (χ1v) is 6.02. The number of para-hydroxylation sites is 1. The fraction of sp³-hybridized carbons (Fsp3) is 0.385. The van der Waals surface area contributed by atoms with Crippen molar-refractivity contribution in [2.24, 2.45) is 0 Å². The van der Waals surface area contributed by atoms with E-state index in [4.69, 9.17) is 10.5 Å². The molecule has 1 aromatic heterocycles. The normalized spacial score (nSPS) is 12.6. The minimum absolute atomic E-state index is 0.215. The number of fused-ring (bicyclic) bond motifs is 1. The van der Waals surface area contributed by atoms with Crippen molar-refractivity contribution in [1.82, 2.24) is 9.97 Å². The Morgan fingerprint density at radius 1 is 1.33 bits per heavy atom. The van der Waals surface area contributed by atoms with Crippen molar-refractivity contribution < 1.29 is 4.74 Å². The van der Waals surface area contributed by atoms with Gasteiger partial charge in [-0.15, -0.1) is 0 Å². The van der Waals surface area contributed by atoms with Crippen molar-refractivity contribution in [1.29, 1.82) is 0 Å². The summed E-state index contributed by atoms with van der Waals surface area (Å²) in [6.45, 7) is 2.73. The average Bonchev–Trinajstić information content (AvgIpc) is 2.38. The van der Waals surface area contributed by atoms with Gasteiger partial charge in [-0.3, -0.25) is 0 Å². The third-order valence-corrected chi connectivity index (χ3v) is 2.82. The van der Waals surface area contributed by atoms with Gasteiger partial charge in [-0.25, -0.2) is 4.98 Å². The van der Waals surface area contributed by atoms with Crippen LogP contribution < -0.4 is 11.1 Å². The van der Waals surface area contributed by atoms with Gasteiger partial charge in [0.2, 0.25) is 5.95 Å². The van der Waals surface area contributed by atoms with E-state index >= 15 is 0 Å². The highest BCUT2D eigenvalue weighted by molar-refractivity contribution is 5.89. The summed E-state index contributed by atoms with van der Waals surface area (Å²) >= 11 is 0. The van der Waals surface area contributed by atoms with E-state index in [1.807, 2.05) is 24.3 Å². The molecule has 3 N–H and O–H groups in total. The highest BCUT2D eigenvalue weighted by Crippen LogP contribution is 2.21. The summed E-state index contributed by atoms with van der Waals surface area (Å²) in [5.74, 6) is 1.05. The molecule has 0 aliphatic rings.